The molecule has 1 aromatic heterocycles. The quantitative estimate of drug-likeness (QED) is 0.825. The van der Waals surface area contributed by atoms with Gasteiger partial charge in [0.15, 0.2) is 0 Å². The van der Waals surface area contributed by atoms with Gasteiger partial charge in [-0.2, -0.15) is 0 Å². The molecule has 1 aromatic carbocycles. The van der Waals surface area contributed by atoms with Gasteiger partial charge in [-0.25, -0.2) is 0 Å². The van der Waals surface area contributed by atoms with E-state index in [0.717, 1.165) is 6.54 Å². The smallest absolute Gasteiger partial charge is 0.0352 e. The second-order valence-electron chi connectivity index (χ2n) is 5.25. The Morgan fingerprint density at radius 3 is 2.58 bits per heavy atom. The third-order valence-corrected chi connectivity index (χ3v) is 3.93. The van der Waals surface area contributed by atoms with Crippen LogP contribution >= 0.6 is 0 Å². The Bertz CT molecular complexity index is 495. The highest BCUT2D eigenvalue weighted by Crippen LogP contribution is 2.31. The number of hydrogen-bond acceptors (Lipinski definition) is 2. The number of piperidine rings is 1. The Hall–Kier alpha value is -1.67. The molecule has 1 fully saturated rings. The zero-order valence-corrected chi connectivity index (χ0v) is 11.2. The minimum absolute atomic E-state index is 0.553. The number of pyridine rings is 1. The summed E-state index contributed by atoms with van der Waals surface area (Å²) in [5.74, 6) is 0. The van der Waals surface area contributed by atoms with E-state index in [4.69, 9.17) is 0 Å². The number of nitrogens with zero attached hydrogens (tertiary/aromatic N) is 2. The van der Waals surface area contributed by atoms with E-state index in [1.807, 2.05) is 12.4 Å². The van der Waals surface area contributed by atoms with E-state index in [9.17, 15) is 0 Å². The number of rotatable bonds is 3. The molecule has 2 heterocycles. The zero-order chi connectivity index (χ0) is 12.9. The molecule has 3 rings (SSSR count). The van der Waals surface area contributed by atoms with E-state index in [2.05, 4.69) is 52.3 Å². The van der Waals surface area contributed by atoms with Crippen LogP contribution in [0, 0.1) is 0 Å². The first kappa shape index (κ1) is 12.4. The summed E-state index contributed by atoms with van der Waals surface area (Å²) >= 11 is 0. The maximum atomic E-state index is 4.13. The molecule has 19 heavy (non-hydrogen) atoms. The van der Waals surface area contributed by atoms with Crippen LogP contribution in [0.1, 0.15) is 36.4 Å². The minimum atomic E-state index is 0.553. The molecule has 1 saturated heterocycles. The van der Waals surface area contributed by atoms with Crippen molar-refractivity contribution in [2.24, 2.45) is 0 Å². The fourth-order valence-corrected chi connectivity index (χ4v) is 2.96. The molecule has 0 aliphatic carbocycles. The summed E-state index contributed by atoms with van der Waals surface area (Å²) < 4.78 is 0. The maximum absolute atomic E-state index is 4.13. The summed E-state index contributed by atoms with van der Waals surface area (Å²) in [6.07, 6.45) is 7.72. The lowest BCUT2D eigenvalue weighted by atomic mass is 9.95. The first-order valence-corrected chi connectivity index (χ1v) is 7.11. The van der Waals surface area contributed by atoms with Crippen LogP contribution < -0.4 is 0 Å². The Kier molecular flexibility index (Phi) is 3.89. The van der Waals surface area contributed by atoms with Gasteiger partial charge in [0.2, 0.25) is 0 Å². The Morgan fingerprint density at radius 1 is 1.00 bits per heavy atom. The summed E-state index contributed by atoms with van der Waals surface area (Å²) in [6, 6.07) is 15.6. The second-order valence-corrected chi connectivity index (χ2v) is 5.25. The van der Waals surface area contributed by atoms with Gasteiger partial charge >= 0.3 is 0 Å². The monoisotopic (exact) mass is 252 g/mol. The van der Waals surface area contributed by atoms with Crippen molar-refractivity contribution >= 4 is 0 Å². The van der Waals surface area contributed by atoms with Gasteiger partial charge in [0.1, 0.15) is 0 Å². The zero-order valence-electron chi connectivity index (χ0n) is 11.2. The van der Waals surface area contributed by atoms with E-state index >= 15 is 0 Å². The molecule has 98 valence electrons. The Balaban J connectivity index is 1.78. The molecule has 1 aliphatic heterocycles. The predicted molar refractivity (Wildman–Crippen MR) is 77.7 cm³/mol. The summed E-state index contributed by atoms with van der Waals surface area (Å²) in [4.78, 5) is 6.74. The minimum Gasteiger partial charge on any atom is -0.292 e. The highest BCUT2D eigenvalue weighted by atomic mass is 15.2. The Labute approximate surface area is 115 Å². The number of aromatic nitrogens is 1. The molecule has 0 spiro atoms. The van der Waals surface area contributed by atoms with Gasteiger partial charge in [0.05, 0.1) is 0 Å². The van der Waals surface area contributed by atoms with Crippen molar-refractivity contribution in [1.82, 2.24) is 9.88 Å². The van der Waals surface area contributed by atoms with Crippen LogP contribution in [-0.4, -0.2) is 16.4 Å². The third-order valence-electron chi connectivity index (χ3n) is 3.93. The maximum Gasteiger partial charge on any atom is 0.0352 e. The van der Waals surface area contributed by atoms with E-state index in [1.165, 1.54) is 36.9 Å². The predicted octanol–water partition coefficient (Wildman–Crippen LogP) is 3.81. The van der Waals surface area contributed by atoms with Gasteiger partial charge in [-0.3, -0.25) is 9.88 Å². The van der Waals surface area contributed by atoms with Crippen molar-refractivity contribution in [3.05, 3.63) is 66.0 Å². The lowest BCUT2D eigenvalue weighted by molar-refractivity contribution is 0.140. The average molecular weight is 252 g/mol. The summed E-state index contributed by atoms with van der Waals surface area (Å²) in [5.41, 5.74) is 2.81. The van der Waals surface area contributed by atoms with Gasteiger partial charge < -0.3 is 0 Å². The van der Waals surface area contributed by atoms with Gasteiger partial charge in [-0.1, -0.05) is 36.8 Å². The van der Waals surface area contributed by atoms with Crippen LogP contribution in [0.2, 0.25) is 0 Å². The molecule has 1 unspecified atom stereocenters. The lowest BCUT2D eigenvalue weighted by Gasteiger charge is -2.36. The number of likely N-dealkylation sites (tertiary alicyclic amines) is 1. The van der Waals surface area contributed by atoms with Crippen LogP contribution in [-0.2, 0) is 6.54 Å². The van der Waals surface area contributed by atoms with Crippen LogP contribution in [0.5, 0.6) is 0 Å². The molecule has 1 aliphatic rings. The molecule has 0 bridgehead atoms. The van der Waals surface area contributed by atoms with Gasteiger partial charge in [-0.15, -0.1) is 0 Å². The van der Waals surface area contributed by atoms with E-state index in [-0.39, 0.29) is 0 Å². The summed E-state index contributed by atoms with van der Waals surface area (Å²) in [5, 5.41) is 0. The van der Waals surface area contributed by atoms with Crippen LogP contribution in [0.25, 0.3) is 0 Å². The highest BCUT2D eigenvalue weighted by Gasteiger charge is 2.23. The van der Waals surface area contributed by atoms with Gasteiger partial charge in [0.25, 0.3) is 0 Å². The third kappa shape index (κ3) is 3.02. The second kappa shape index (κ2) is 5.98. The molecule has 2 nitrogen and oxygen atoms in total. The fraction of sp³-hybridized carbons (Fsp3) is 0.353. The highest BCUT2D eigenvalue weighted by molar-refractivity contribution is 5.18. The number of hydrogen-bond donors (Lipinski definition) is 0. The average Bonchev–Trinajstić information content (AvgIpc) is 2.50. The molecule has 0 saturated carbocycles. The molecular weight excluding hydrogens is 232 g/mol. The first-order valence-electron chi connectivity index (χ1n) is 7.11. The van der Waals surface area contributed by atoms with Crippen molar-refractivity contribution < 1.29 is 0 Å². The molecule has 2 aromatic rings. The first-order chi connectivity index (χ1) is 9.43. The van der Waals surface area contributed by atoms with Crippen molar-refractivity contribution in [1.29, 1.82) is 0 Å². The Morgan fingerprint density at radius 2 is 1.79 bits per heavy atom. The molecule has 0 amide bonds. The molecule has 1 atom stereocenters. The van der Waals surface area contributed by atoms with Crippen molar-refractivity contribution in [2.75, 3.05) is 6.54 Å². The van der Waals surface area contributed by atoms with Crippen molar-refractivity contribution in [2.45, 2.75) is 31.8 Å². The normalized spacial score (nSPS) is 20.3. The van der Waals surface area contributed by atoms with Crippen LogP contribution in [0.4, 0.5) is 0 Å². The topological polar surface area (TPSA) is 16.1 Å². The van der Waals surface area contributed by atoms with E-state index in [1.54, 1.807) is 0 Å². The van der Waals surface area contributed by atoms with Gasteiger partial charge in [0, 0.05) is 25.0 Å². The van der Waals surface area contributed by atoms with Crippen LogP contribution in [0.15, 0.2) is 54.9 Å². The molecule has 2 heteroatoms. The molecule has 0 radical (unpaired) electrons. The summed E-state index contributed by atoms with van der Waals surface area (Å²) in [6.45, 7) is 2.25. The SMILES string of the molecule is c1ccc(CN2CCCCC2c2ccncc2)cc1. The number of benzene rings is 1. The fourth-order valence-electron chi connectivity index (χ4n) is 2.96. The lowest BCUT2D eigenvalue weighted by Crippen LogP contribution is -2.32. The standard InChI is InChI=1S/C17H20N2/c1-2-6-15(7-3-1)14-19-13-5-4-8-17(19)16-9-11-18-12-10-16/h1-3,6-7,9-12,17H,4-5,8,13-14H2. The molecular formula is C17H20N2. The van der Waals surface area contributed by atoms with E-state index in [0.29, 0.717) is 6.04 Å². The summed E-state index contributed by atoms with van der Waals surface area (Å²) in [7, 11) is 0. The molecule has 0 N–H and O–H groups in total. The largest absolute Gasteiger partial charge is 0.292 e. The van der Waals surface area contributed by atoms with Gasteiger partial charge in [-0.05, 0) is 42.6 Å². The van der Waals surface area contributed by atoms with Crippen molar-refractivity contribution in [3.8, 4) is 0 Å². The van der Waals surface area contributed by atoms with Crippen LogP contribution in [0.3, 0.4) is 0 Å². The van der Waals surface area contributed by atoms with E-state index < -0.39 is 0 Å². The van der Waals surface area contributed by atoms with Crippen molar-refractivity contribution in [3.63, 3.8) is 0 Å².